The van der Waals surface area contributed by atoms with Crippen LogP contribution in [0.15, 0.2) is 47.0 Å². The Balaban J connectivity index is 1.67. The average Bonchev–Trinajstić information content (AvgIpc) is 3.04. The van der Waals surface area contributed by atoms with Gasteiger partial charge in [-0.3, -0.25) is 4.79 Å². The van der Waals surface area contributed by atoms with Crippen LogP contribution in [0.25, 0.3) is 0 Å². The zero-order chi connectivity index (χ0) is 18.5. The molecule has 0 saturated carbocycles. The van der Waals surface area contributed by atoms with E-state index in [2.05, 4.69) is 21.5 Å². The normalized spacial score (nSPS) is 10.6. The van der Waals surface area contributed by atoms with Crippen molar-refractivity contribution in [2.24, 2.45) is 0 Å². The van der Waals surface area contributed by atoms with Crippen LogP contribution in [0.5, 0.6) is 5.75 Å². The summed E-state index contributed by atoms with van der Waals surface area (Å²) in [4.78, 5) is 16.7. The summed E-state index contributed by atoms with van der Waals surface area (Å²) in [6, 6.07) is 13.3. The number of ether oxygens (including phenoxy) is 1. The van der Waals surface area contributed by atoms with Crippen LogP contribution in [0.4, 0.5) is 0 Å². The third kappa shape index (κ3) is 4.27. The lowest BCUT2D eigenvalue weighted by molar-refractivity contribution is 0.0946. The van der Waals surface area contributed by atoms with Gasteiger partial charge < -0.3 is 14.6 Å². The Hall–Kier alpha value is -3.15. The van der Waals surface area contributed by atoms with Crippen molar-refractivity contribution >= 4 is 5.91 Å². The molecule has 1 heterocycles. The maximum Gasteiger partial charge on any atom is 0.255 e. The van der Waals surface area contributed by atoms with Crippen LogP contribution in [-0.2, 0) is 13.2 Å². The molecular formula is C20H21N3O3. The van der Waals surface area contributed by atoms with Crippen LogP contribution in [-0.4, -0.2) is 16.0 Å². The standard InChI is InChI=1S/C20H21N3O3/c1-13-8-9-16(14(2)10-13)11-21-20(24)17-6-4-5-7-18(17)25-12-19-22-15(3)26-23-19/h4-10H,11-12H2,1-3H3,(H,21,24). The fourth-order valence-corrected chi connectivity index (χ4v) is 2.64. The van der Waals surface area contributed by atoms with Gasteiger partial charge in [0.1, 0.15) is 5.75 Å². The number of carbonyl (C=O) groups is 1. The van der Waals surface area contributed by atoms with Gasteiger partial charge in [-0.05, 0) is 37.1 Å². The quantitative estimate of drug-likeness (QED) is 0.735. The van der Waals surface area contributed by atoms with Crippen molar-refractivity contribution < 1.29 is 14.1 Å². The molecule has 0 spiro atoms. The summed E-state index contributed by atoms with van der Waals surface area (Å²) < 4.78 is 10.6. The second-order valence-electron chi connectivity index (χ2n) is 6.13. The number of nitrogens with zero attached hydrogens (tertiary/aromatic N) is 2. The summed E-state index contributed by atoms with van der Waals surface area (Å²) in [6.07, 6.45) is 0. The smallest absolute Gasteiger partial charge is 0.255 e. The lowest BCUT2D eigenvalue weighted by Gasteiger charge is -2.12. The first-order chi connectivity index (χ1) is 12.5. The first-order valence-electron chi connectivity index (χ1n) is 8.38. The van der Waals surface area contributed by atoms with E-state index in [0.717, 1.165) is 11.1 Å². The molecule has 0 unspecified atom stereocenters. The van der Waals surface area contributed by atoms with Crippen molar-refractivity contribution in [3.8, 4) is 5.75 Å². The van der Waals surface area contributed by atoms with E-state index in [0.29, 0.717) is 29.6 Å². The van der Waals surface area contributed by atoms with Crippen molar-refractivity contribution in [1.82, 2.24) is 15.5 Å². The van der Waals surface area contributed by atoms with Crippen molar-refractivity contribution in [1.29, 1.82) is 0 Å². The number of amides is 1. The second kappa shape index (κ2) is 7.82. The molecule has 2 aromatic carbocycles. The molecule has 26 heavy (non-hydrogen) atoms. The van der Waals surface area contributed by atoms with Gasteiger partial charge in [-0.15, -0.1) is 0 Å². The van der Waals surface area contributed by atoms with Crippen LogP contribution >= 0.6 is 0 Å². The molecule has 6 heteroatoms. The highest BCUT2D eigenvalue weighted by Crippen LogP contribution is 2.19. The molecule has 0 aliphatic heterocycles. The van der Waals surface area contributed by atoms with E-state index in [-0.39, 0.29) is 12.5 Å². The lowest BCUT2D eigenvalue weighted by Crippen LogP contribution is -2.24. The van der Waals surface area contributed by atoms with Gasteiger partial charge >= 0.3 is 0 Å². The molecule has 6 nitrogen and oxygen atoms in total. The molecule has 3 aromatic rings. The van der Waals surface area contributed by atoms with Crippen LogP contribution in [0.2, 0.25) is 0 Å². The highest BCUT2D eigenvalue weighted by Gasteiger charge is 2.13. The highest BCUT2D eigenvalue weighted by atomic mass is 16.5. The first kappa shape index (κ1) is 17.7. The van der Waals surface area contributed by atoms with E-state index in [1.807, 2.05) is 32.0 Å². The van der Waals surface area contributed by atoms with E-state index in [4.69, 9.17) is 9.26 Å². The Morgan fingerprint density at radius 1 is 1.15 bits per heavy atom. The van der Waals surface area contributed by atoms with Gasteiger partial charge in [0.25, 0.3) is 5.91 Å². The third-order valence-corrected chi connectivity index (χ3v) is 4.00. The maximum atomic E-state index is 12.6. The molecule has 0 radical (unpaired) electrons. The predicted molar refractivity (Wildman–Crippen MR) is 96.9 cm³/mol. The van der Waals surface area contributed by atoms with Gasteiger partial charge in [0.2, 0.25) is 11.7 Å². The van der Waals surface area contributed by atoms with Crippen molar-refractivity contribution in [2.75, 3.05) is 0 Å². The minimum absolute atomic E-state index is 0.138. The summed E-state index contributed by atoms with van der Waals surface area (Å²) in [6.45, 7) is 6.40. The minimum atomic E-state index is -0.190. The van der Waals surface area contributed by atoms with E-state index >= 15 is 0 Å². The largest absolute Gasteiger partial charge is 0.485 e. The maximum absolute atomic E-state index is 12.6. The molecule has 0 aliphatic rings. The van der Waals surface area contributed by atoms with Crippen molar-refractivity contribution in [3.63, 3.8) is 0 Å². The zero-order valence-corrected chi connectivity index (χ0v) is 15.1. The number of carbonyl (C=O) groups excluding carboxylic acids is 1. The summed E-state index contributed by atoms with van der Waals surface area (Å²) >= 11 is 0. The Labute approximate surface area is 152 Å². The summed E-state index contributed by atoms with van der Waals surface area (Å²) in [5, 5.41) is 6.74. The average molecular weight is 351 g/mol. The molecule has 3 rings (SSSR count). The number of benzene rings is 2. The van der Waals surface area contributed by atoms with Gasteiger partial charge in [0.15, 0.2) is 6.61 Å². The monoisotopic (exact) mass is 351 g/mol. The number of aromatic nitrogens is 2. The topological polar surface area (TPSA) is 77.2 Å². The van der Waals surface area contributed by atoms with Gasteiger partial charge in [-0.2, -0.15) is 4.98 Å². The molecule has 1 N–H and O–H groups in total. The van der Waals surface area contributed by atoms with E-state index in [1.165, 1.54) is 5.56 Å². The number of rotatable bonds is 6. The zero-order valence-electron chi connectivity index (χ0n) is 15.1. The second-order valence-corrected chi connectivity index (χ2v) is 6.13. The Morgan fingerprint density at radius 2 is 1.96 bits per heavy atom. The van der Waals surface area contributed by atoms with Crippen molar-refractivity contribution in [2.45, 2.75) is 33.9 Å². The molecule has 0 saturated heterocycles. The molecule has 0 bridgehead atoms. The number of hydrogen-bond acceptors (Lipinski definition) is 5. The summed E-state index contributed by atoms with van der Waals surface area (Å²) in [5.41, 5.74) is 3.91. The van der Waals surface area contributed by atoms with E-state index in [9.17, 15) is 4.79 Å². The lowest BCUT2D eigenvalue weighted by atomic mass is 10.1. The van der Waals surface area contributed by atoms with Gasteiger partial charge in [0, 0.05) is 13.5 Å². The fourth-order valence-electron chi connectivity index (χ4n) is 2.64. The Morgan fingerprint density at radius 3 is 2.69 bits per heavy atom. The fraction of sp³-hybridized carbons (Fsp3) is 0.250. The van der Waals surface area contributed by atoms with E-state index in [1.54, 1.807) is 25.1 Å². The van der Waals surface area contributed by atoms with Gasteiger partial charge in [-0.25, -0.2) is 0 Å². The minimum Gasteiger partial charge on any atom is -0.485 e. The molecule has 134 valence electrons. The number of para-hydroxylation sites is 1. The molecule has 0 atom stereocenters. The Kier molecular flexibility index (Phi) is 5.31. The summed E-state index contributed by atoms with van der Waals surface area (Å²) in [7, 11) is 0. The summed E-state index contributed by atoms with van der Waals surface area (Å²) in [5.74, 6) is 1.20. The predicted octanol–water partition coefficient (Wildman–Crippen LogP) is 3.50. The third-order valence-electron chi connectivity index (χ3n) is 4.00. The molecule has 0 fully saturated rings. The van der Waals surface area contributed by atoms with Gasteiger partial charge in [0.05, 0.1) is 5.56 Å². The molecule has 1 aromatic heterocycles. The SMILES string of the molecule is Cc1ccc(CNC(=O)c2ccccc2OCc2noc(C)n2)c(C)c1. The van der Waals surface area contributed by atoms with Crippen LogP contribution in [0.3, 0.4) is 0 Å². The van der Waals surface area contributed by atoms with E-state index < -0.39 is 0 Å². The van der Waals surface area contributed by atoms with Crippen LogP contribution in [0, 0.1) is 20.8 Å². The molecule has 1 amide bonds. The van der Waals surface area contributed by atoms with Crippen LogP contribution in [0.1, 0.15) is 38.8 Å². The first-order valence-corrected chi connectivity index (χ1v) is 8.38. The van der Waals surface area contributed by atoms with Crippen LogP contribution < -0.4 is 10.1 Å². The molecule has 0 aliphatic carbocycles. The molecular weight excluding hydrogens is 330 g/mol. The number of hydrogen-bond donors (Lipinski definition) is 1. The Bertz CT molecular complexity index is 918. The van der Waals surface area contributed by atoms with Gasteiger partial charge in [-0.1, -0.05) is 41.1 Å². The number of aryl methyl sites for hydroxylation is 3. The highest BCUT2D eigenvalue weighted by molar-refractivity contribution is 5.96. The van der Waals surface area contributed by atoms with Crippen molar-refractivity contribution in [3.05, 3.63) is 76.4 Å². The number of nitrogens with one attached hydrogen (secondary N) is 1.